The molecule has 6 heteroatoms. The maximum atomic E-state index is 11.1. The van der Waals surface area contributed by atoms with Crippen molar-refractivity contribution in [2.24, 2.45) is 0 Å². The van der Waals surface area contributed by atoms with E-state index in [1.165, 1.54) is 0 Å². The Labute approximate surface area is 67.6 Å². The Bertz CT molecular complexity index is 368. The number of amides is 1. The number of carbonyl (C=O) groups is 2. The van der Waals surface area contributed by atoms with E-state index >= 15 is 0 Å². The first kappa shape index (κ1) is 6.96. The quantitative estimate of drug-likeness (QED) is 0.530. The van der Waals surface area contributed by atoms with Crippen LogP contribution in [0.4, 0.5) is 5.95 Å². The Morgan fingerprint density at radius 1 is 1.50 bits per heavy atom. The van der Waals surface area contributed by atoms with E-state index in [4.69, 9.17) is 0 Å². The Kier molecular flexibility index (Phi) is 1.24. The van der Waals surface area contributed by atoms with Gasteiger partial charge in [-0.3, -0.25) is 14.9 Å². The first-order valence-electron chi connectivity index (χ1n) is 3.43. The summed E-state index contributed by atoms with van der Waals surface area (Å²) in [5, 5.41) is 6.25. The normalized spacial score (nSPS) is 15.8. The molecule has 1 aromatic heterocycles. The minimum atomic E-state index is -0.339. The second-order valence-corrected chi connectivity index (χ2v) is 2.51. The van der Waals surface area contributed by atoms with Crippen molar-refractivity contribution >= 4 is 17.8 Å². The molecule has 1 N–H and O–H groups in total. The van der Waals surface area contributed by atoms with Gasteiger partial charge in [-0.1, -0.05) is 0 Å². The van der Waals surface area contributed by atoms with Crippen LogP contribution in [0.25, 0.3) is 0 Å². The molecule has 0 atom stereocenters. The number of fused-ring (bicyclic) bond motifs is 1. The predicted molar refractivity (Wildman–Crippen MR) is 38.6 cm³/mol. The molecule has 0 bridgehead atoms. The Morgan fingerprint density at radius 3 is 3.00 bits per heavy atom. The molecule has 1 aromatic rings. The number of hydrogen-bond donors (Lipinski definition) is 1. The number of hydrogen-bond acceptors (Lipinski definition) is 4. The van der Waals surface area contributed by atoms with Crippen molar-refractivity contribution in [1.82, 2.24) is 14.8 Å². The van der Waals surface area contributed by atoms with Crippen molar-refractivity contribution < 1.29 is 9.59 Å². The molecule has 0 saturated carbocycles. The van der Waals surface area contributed by atoms with Gasteiger partial charge in [0, 0.05) is 0 Å². The van der Waals surface area contributed by atoms with Crippen molar-refractivity contribution in [1.29, 1.82) is 0 Å². The van der Waals surface area contributed by atoms with Gasteiger partial charge in [0.15, 0.2) is 0 Å². The van der Waals surface area contributed by atoms with Gasteiger partial charge < -0.3 is 0 Å². The van der Waals surface area contributed by atoms with Gasteiger partial charge >= 0.3 is 0 Å². The van der Waals surface area contributed by atoms with Crippen LogP contribution < -0.4 is 5.32 Å². The fourth-order valence-corrected chi connectivity index (χ4v) is 1.05. The maximum absolute atomic E-state index is 11.1. The van der Waals surface area contributed by atoms with Crippen LogP contribution in [0.3, 0.4) is 0 Å². The monoisotopic (exact) mass is 166 g/mol. The third-order valence-corrected chi connectivity index (χ3v) is 1.51. The zero-order chi connectivity index (χ0) is 8.72. The summed E-state index contributed by atoms with van der Waals surface area (Å²) in [5.41, 5.74) is 0. The lowest BCUT2D eigenvalue weighted by molar-refractivity contribution is -0.115. The molecule has 1 aliphatic heterocycles. The molecule has 0 aliphatic carbocycles. The molecule has 0 spiro atoms. The molecule has 2 heterocycles. The molecule has 0 aromatic carbocycles. The second-order valence-electron chi connectivity index (χ2n) is 2.51. The first-order chi connectivity index (χ1) is 5.66. The van der Waals surface area contributed by atoms with Gasteiger partial charge in [0.05, 0.1) is 0 Å². The van der Waals surface area contributed by atoms with E-state index in [1.807, 2.05) is 0 Å². The molecule has 0 radical (unpaired) electrons. The third kappa shape index (κ3) is 0.884. The number of aromatic nitrogens is 3. The van der Waals surface area contributed by atoms with E-state index in [-0.39, 0.29) is 24.2 Å². The van der Waals surface area contributed by atoms with Crippen LogP contribution in [0.5, 0.6) is 0 Å². The summed E-state index contributed by atoms with van der Waals surface area (Å²) in [6.07, 6.45) is -0.157. The zero-order valence-corrected chi connectivity index (χ0v) is 6.37. The van der Waals surface area contributed by atoms with Crippen molar-refractivity contribution in [3.05, 3.63) is 5.82 Å². The number of carbonyl (C=O) groups excluding carboxylic acids is 2. The third-order valence-electron chi connectivity index (χ3n) is 1.51. The van der Waals surface area contributed by atoms with Crippen molar-refractivity contribution in [2.45, 2.75) is 13.3 Å². The molecule has 62 valence electrons. The molecular weight excluding hydrogens is 160 g/mol. The molecule has 12 heavy (non-hydrogen) atoms. The molecule has 1 amide bonds. The largest absolute Gasteiger partial charge is 0.294 e. The first-order valence-corrected chi connectivity index (χ1v) is 3.43. The van der Waals surface area contributed by atoms with Crippen molar-refractivity contribution in [3.8, 4) is 0 Å². The highest BCUT2D eigenvalue weighted by Crippen LogP contribution is 2.10. The highest BCUT2D eigenvalue weighted by Gasteiger charge is 2.24. The van der Waals surface area contributed by atoms with Crippen molar-refractivity contribution in [2.75, 3.05) is 5.32 Å². The lowest BCUT2D eigenvalue weighted by Gasteiger charge is -2.09. The minimum absolute atomic E-state index is 0.157. The summed E-state index contributed by atoms with van der Waals surface area (Å²) in [6.45, 7) is 1.66. The van der Waals surface area contributed by atoms with Gasteiger partial charge in [0.1, 0.15) is 12.2 Å². The van der Waals surface area contributed by atoms with Crippen LogP contribution >= 0.6 is 0 Å². The van der Waals surface area contributed by atoms with Gasteiger partial charge in [-0.15, -0.1) is 5.10 Å². The standard InChI is InChI=1S/C6H6N4O2/c1-3-7-6-8-4(11)2-5(12)10(6)9-3/h2H2,1H3,(H,7,8,9,11). The lowest BCUT2D eigenvalue weighted by Crippen LogP contribution is -2.30. The van der Waals surface area contributed by atoms with E-state index in [0.717, 1.165) is 4.68 Å². The maximum Gasteiger partial charge on any atom is 0.259 e. The van der Waals surface area contributed by atoms with Crippen LogP contribution in [-0.2, 0) is 4.79 Å². The Balaban J connectivity index is 2.53. The number of rotatable bonds is 0. The number of anilines is 1. The Hall–Kier alpha value is -1.72. The smallest absolute Gasteiger partial charge is 0.259 e. The van der Waals surface area contributed by atoms with Gasteiger partial charge in [-0.05, 0) is 6.92 Å². The lowest BCUT2D eigenvalue weighted by atomic mass is 10.3. The van der Waals surface area contributed by atoms with E-state index < -0.39 is 0 Å². The summed E-state index contributed by atoms with van der Waals surface area (Å²) < 4.78 is 1.11. The minimum Gasteiger partial charge on any atom is -0.294 e. The number of aryl methyl sites for hydroxylation is 1. The summed E-state index contributed by atoms with van der Waals surface area (Å²) in [7, 11) is 0. The summed E-state index contributed by atoms with van der Waals surface area (Å²) in [5.74, 6) is 0.0172. The molecule has 0 fully saturated rings. The van der Waals surface area contributed by atoms with Crippen LogP contribution in [0.15, 0.2) is 0 Å². The Morgan fingerprint density at radius 2 is 2.25 bits per heavy atom. The van der Waals surface area contributed by atoms with Gasteiger partial charge in [-0.25, -0.2) is 0 Å². The fourth-order valence-electron chi connectivity index (χ4n) is 1.05. The summed E-state index contributed by atoms with van der Waals surface area (Å²) >= 11 is 0. The average molecular weight is 166 g/mol. The van der Waals surface area contributed by atoms with Gasteiger partial charge in [0.25, 0.3) is 5.91 Å². The molecular formula is C6H6N4O2. The van der Waals surface area contributed by atoms with E-state index in [1.54, 1.807) is 6.92 Å². The van der Waals surface area contributed by atoms with E-state index in [0.29, 0.717) is 5.82 Å². The topological polar surface area (TPSA) is 76.9 Å². The van der Waals surface area contributed by atoms with E-state index in [9.17, 15) is 9.59 Å². The van der Waals surface area contributed by atoms with Crippen LogP contribution in [0.1, 0.15) is 17.0 Å². The molecule has 0 saturated heterocycles. The second kappa shape index (κ2) is 2.13. The van der Waals surface area contributed by atoms with Gasteiger partial charge in [0.2, 0.25) is 11.9 Å². The highest BCUT2D eigenvalue weighted by molar-refractivity contribution is 6.07. The summed E-state index contributed by atoms with van der Waals surface area (Å²) in [6, 6.07) is 0. The molecule has 1 aliphatic rings. The number of nitrogens with zero attached hydrogens (tertiary/aromatic N) is 3. The van der Waals surface area contributed by atoms with Crippen LogP contribution in [-0.4, -0.2) is 26.6 Å². The van der Waals surface area contributed by atoms with E-state index in [2.05, 4.69) is 15.4 Å². The van der Waals surface area contributed by atoms with Crippen molar-refractivity contribution in [3.63, 3.8) is 0 Å². The van der Waals surface area contributed by atoms with Gasteiger partial charge in [-0.2, -0.15) is 9.67 Å². The fraction of sp³-hybridized carbons (Fsp3) is 0.333. The SMILES string of the molecule is Cc1nc2n(n1)C(=O)CC(=O)N2. The summed E-state index contributed by atoms with van der Waals surface area (Å²) in [4.78, 5) is 25.8. The number of nitrogens with one attached hydrogen (secondary N) is 1. The molecule has 0 unspecified atom stereocenters. The molecule has 2 rings (SSSR count). The zero-order valence-electron chi connectivity index (χ0n) is 6.37. The van der Waals surface area contributed by atoms with Crippen LogP contribution in [0, 0.1) is 6.92 Å². The highest BCUT2D eigenvalue weighted by atomic mass is 16.2. The molecule has 6 nitrogen and oxygen atoms in total. The van der Waals surface area contributed by atoms with Crippen LogP contribution in [0.2, 0.25) is 0 Å². The predicted octanol–water partition coefficient (Wildman–Crippen LogP) is -0.431. The average Bonchev–Trinajstić information content (AvgIpc) is 2.29.